The molecule has 0 unspecified atom stereocenters. The van der Waals surface area contributed by atoms with Gasteiger partial charge in [-0.05, 0) is 32.8 Å². The van der Waals surface area contributed by atoms with Gasteiger partial charge >= 0.3 is 0 Å². The summed E-state index contributed by atoms with van der Waals surface area (Å²) in [6.07, 6.45) is 4.02. The summed E-state index contributed by atoms with van der Waals surface area (Å²) in [4.78, 5) is 34.0. The molecular formula is C21H32N4O3. The highest BCUT2D eigenvalue weighted by Crippen LogP contribution is 2.25. The monoisotopic (exact) mass is 388 g/mol. The van der Waals surface area contributed by atoms with Crippen LogP contribution < -0.4 is 0 Å². The van der Waals surface area contributed by atoms with Crippen molar-refractivity contribution in [2.45, 2.75) is 39.2 Å². The van der Waals surface area contributed by atoms with E-state index in [0.717, 1.165) is 51.1 Å². The minimum absolute atomic E-state index is 0.0347. The highest BCUT2D eigenvalue weighted by atomic mass is 16.3. The molecule has 7 nitrogen and oxygen atoms in total. The largest absolute Gasteiger partial charge is 0.466 e. The van der Waals surface area contributed by atoms with Gasteiger partial charge in [0.2, 0.25) is 5.91 Å². The zero-order chi connectivity index (χ0) is 19.7. The summed E-state index contributed by atoms with van der Waals surface area (Å²) in [6, 6.07) is 2.59. The molecule has 3 heterocycles. The highest BCUT2D eigenvalue weighted by molar-refractivity contribution is 5.95. The first kappa shape index (κ1) is 19.5. The van der Waals surface area contributed by atoms with Gasteiger partial charge < -0.3 is 14.2 Å². The van der Waals surface area contributed by atoms with Crippen molar-refractivity contribution in [2.75, 3.05) is 58.9 Å². The summed E-state index contributed by atoms with van der Waals surface area (Å²) < 4.78 is 5.49. The molecule has 0 atom stereocenters. The smallest absolute Gasteiger partial charge is 0.257 e. The van der Waals surface area contributed by atoms with Crippen LogP contribution in [0, 0.1) is 13.8 Å². The van der Waals surface area contributed by atoms with Crippen molar-refractivity contribution >= 4 is 11.8 Å². The quantitative estimate of drug-likeness (QED) is 0.779. The number of carbonyl (C=O) groups excluding carboxylic acids is 2. The van der Waals surface area contributed by atoms with Gasteiger partial charge in [-0.3, -0.25) is 19.4 Å². The molecule has 3 aliphatic rings. The minimum atomic E-state index is 0.0347. The summed E-state index contributed by atoms with van der Waals surface area (Å²) in [7, 11) is 0. The number of carbonyl (C=O) groups is 2. The van der Waals surface area contributed by atoms with Gasteiger partial charge in [-0.25, -0.2) is 0 Å². The first-order chi connectivity index (χ1) is 13.5. The maximum Gasteiger partial charge on any atom is 0.257 e. The average molecular weight is 389 g/mol. The molecule has 2 amide bonds. The Balaban J connectivity index is 1.21. The molecular weight excluding hydrogens is 356 g/mol. The summed E-state index contributed by atoms with van der Waals surface area (Å²) in [6.45, 7) is 10.7. The lowest BCUT2D eigenvalue weighted by molar-refractivity contribution is -0.135. The molecule has 1 aromatic rings. The lowest BCUT2D eigenvalue weighted by Gasteiger charge is -2.43. The van der Waals surface area contributed by atoms with Crippen LogP contribution in [0.2, 0.25) is 0 Å². The molecule has 0 radical (unpaired) electrons. The van der Waals surface area contributed by atoms with Crippen LogP contribution in [-0.4, -0.2) is 96.4 Å². The van der Waals surface area contributed by atoms with Crippen molar-refractivity contribution in [1.29, 1.82) is 0 Å². The minimum Gasteiger partial charge on any atom is -0.466 e. The number of hydrogen-bond donors (Lipinski definition) is 0. The van der Waals surface area contributed by atoms with E-state index in [4.69, 9.17) is 4.42 Å². The van der Waals surface area contributed by atoms with Crippen LogP contribution in [0.4, 0.5) is 0 Å². The zero-order valence-corrected chi connectivity index (χ0v) is 17.2. The third-order valence-electron chi connectivity index (χ3n) is 6.55. The van der Waals surface area contributed by atoms with Crippen molar-refractivity contribution < 1.29 is 14.0 Å². The van der Waals surface area contributed by atoms with E-state index < -0.39 is 0 Å². The van der Waals surface area contributed by atoms with Crippen LogP contribution in [0.15, 0.2) is 10.5 Å². The molecule has 2 aliphatic heterocycles. The molecule has 4 rings (SSSR count). The third kappa shape index (κ3) is 4.10. The van der Waals surface area contributed by atoms with Gasteiger partial charge in [0, 0.05) is 58.4 Å². The van der Waals surface area contributed by atoms with Crippen LogP contribution in [-0.2, 0) is 4.79 Å². The number of rotatable bonds is 4. The van der Waals surface area contributed by atoms with E-state index in [1.807, 2.05) is 29.7 Å². The summed E-state index contributed by atoms with van der Waals surface area (Å²) in [5.41, 5.74) is 0.659. The van der Waals surface area contributed by atoms with Crippen LogP contribution in [0.3, 0.4) is 0 Å². The molecule has 0 bridgehead atoms. The van der Waals surface area contributed by atoms with E-state index in [9.17, 15) is 9.59 Å². The highest BCUT2D eigenvalue weighted by Gasteiger charge is 2.31. The maximum atomic E-state index is 12.7. The zero-order valence-electron chi connectivity index (χ0n) is 17.2. The van der Waals surface area contributed by atoms with E-state index in [1.54, 1.807) is 0 Å². The second-order valence-electron chi connectivity index (χ2n) is 8.40. The van der Waals surface area contributed by atoms with E-state index >= 15 is 0 Å². The Kier molecular flexibility index (Phi) is 5.73. The van der Waals surface area contributed by atoms with Crippen molar-refractivity contribution in [1.82, 2.24) is 19.6 Å². The Labute approximate surface area is 167 Å². The van der Waals surface area contributed by atoms with Gasteiger partial charge in [0.05, 0.1) is 12.1 Å². The van der Waals surface area contributed by atoms with Gasteiger partial charge in [-0.1, -0.05) is 6.42 Å². The lowest BCUT2D eigenvalue weighted by Crippen LogP contribution is -2.56. The summed E-state index contributed by atoms with van der Waals surface area (Å²) >= 11 is 0. The van der Waals surface area contributed by atoms with E-state index in [2.05, 4.69) is 9.80 Å². The van der Waals surface area contributed by atoms with Crippen molar-refractivity contribution in [3.8, 4) is 0 Å². The second-order valence-corrected chi connectivity index (χ2v) is 8.40. The molecule has 1 saturated carbocycles. The van der Waals surface area contributed by atoms with E-state index in [-0.39, 0.29) is 11.8 Å². The molecule has 0 spiro atoms. The molecule has 7 heteroatoms. The normalized spacial score (nSPS) is 22.4. The predicted octanol–water partition coefficient (Wildman–Crippen LogP) is 1.35. The average Bonchev–Trinajstić information content (AvgIpc) is 2.99. The third-order valence-corrected chi connectivity index (χ3v) is 6.55. The maximum absolute atomic E-state index is 12.7. The van der Waals surface area contributed by atoms with Gasteiger partial charge in [-0.15, -0.1) is 0 Å². The number of aryl methyl sites for hydroxylation is 2. The van der Waals surface area contributed by atoms with E-state index in [0.29, 0.717) is 31.0 Å². The number of furan rings is 1. The van der Waals surface area contributed by atoms with Crippen LogP contribution in [0.1, 0.15) is 41.1 Å². The molecule has 2 saturated heterocycles. The molecule has 28 heavy (non-hydrogen) atoms. The Hall–Kier alpha value is -1.86. The Morgan fingerprint density at radius 2 is 1.61 bits per heavy atom. The van der Waals surface area contributed by atoms with Crippen molar-refractivity contribution in [3.63, 3.8) is 0 Å². The topological polar surface area (TPSA) is 60.2 Å². The number of piperazine rings is 2. The Morgan fingerprint density at radius 3 is 2.14 bits per heavy atom. The van der Waals surface area contributed by atoms with Crippen LogP contribution in [0.5, 0.6) is 0 Å². The fourth-order valence-corrected chi connectivity index (χ4v) is 4.50. The van der Waals surface area contributed by atoms with E-state index in [1.165, 1.54) is 19.3 Å². The fraction of sp³-hybridized carbons (Fsp3) is 0.714. The molecule has 154 valence electrons. The van der Waals surface area contributed by atoms with Crippen LogP contribution in [0.25, 0.3) is 0 Å². The second kappa shape index (κ2) is 8.25. The predicted molar refractivity (Wildman–Crippen MR) is 106 cm³/mol. The Morgan fingerprint density at radius 1 is 0.964 bits per heavy atom. The fourth-order valence-electron chi connectivity index (χ4n) is 4.50. The van der Waals surface area contributed by atoms with Crippen LogP contribution >= 0.6 is 0 Å². The van der Waals surface area contributed by atoms with Crippen molar-refractivity contribution in [2.24, 2.45) is 0 Å². The van der Waals surface area contributed by atoms with Gasteiger partial charge in [0.25, 0.3) is 5.91 Å². The molecule has 1 aliphatic carbocycles. The first-order valence-electron chi connectivity index (χ1n) is 10.6. The molecule has 1 aromatic heterocycles. The van der Waals surface area contributed by atoms with Gasteiger partial charge in [0.15, 0.2) is 0 Å². The number of hydrogen-bond acceptors (Lipinski definition) is 5. The number of amides is 2. The first-order valence-corrected chi connectivity index (χ1v) is 10.6. The summed E-state index contributed by atoms with van der Waals surface area (Å²) in [5, 5.41) is 0. The van der Waals surface area contributed by atoms with Gasteiger partial charge in [0.1, 0.15) is 11.5 Å². The standard InChI is InChI=1S/C21H32N4O3/c1-16-14-19(17(2)28-16)21(27)25-8-6-22(7-9-25)15-20(26)24-12-10-23(11-13-24)18-4-3-5-18/h14,18H,3-13,15H2,1-2H3. The lowest BCUT2D eigenvalue weighted by atomic mass is 9.91. The number of nitrogens with zero attached hydrogens (tertiary/aromatic N) is 4. The summed E-state index contributed by atoms with van der Waals surface area (Å²) in [5.74, 6) is 1.71. The van der Waals surface area contributed by atoms with Gasteiger partial charge in [-0.2, -0.15) is 0 Å². The Bertz CT molecular complexity index is 711. The van der Waals surface area contributed by atoms with Crippen molar-refractivity contribution in [3.05, 3.63) is 23.2 Å². The molecule has 0 N–H and O–H groups in total. The molecule has 0 aromatic carbocycles. The molecule has 3 fully saturated rings. The SMILES string of the molecule is Cc1cc(C(=O)N2CCN(CC(=O)N3CCN(C4CCC4)CC3)CC2)c(C)o1.